The minimum atomic E-state index is 0. The van der Waals surface area contributed by atoms with Crippen molar-refractivity contribution in [1.29, 1.82) is 0 Å². The predicted molar refractivity (Wildman–Crippen MR) is 132 cm³/mol. The van der Waals surface area contributed by atoms with E-state index in [0.717, 1.165) is 50.4 Å². The van der Waals surface area contributed by atoms with Gasteiger partial charge in [-0.2, -0.15) is 11.8 Å². The summed E-state index contributed by atoms with van der Waals surface area (Å²) in [6.07, 6.45) is 11.9. The molecule has 1 aliphatic carbocycles. The fourth-order valence-corrected chi connectivity index (χ4v) is 6.15. The maximum atomic E-state index is 5.59. The number of piperidine rings is 1. The van der Waals surface area contributed by atoms with Gasteiger partial charge in [0.1, 0.15) is 0 Å². The summed E-state index contributed by atoms with van der Waals surface area (Å²) in [6.45, 7) is 7.50. The summed E-state index contributed by atoms with van der Waals surface area (Å²) in [5.74, 6) is 2.14. The van der Waals surface area contributed by atoms with Crippen LogP contribution in [-0.2, 0) is 4.74 Å². The third-order valence-corrected chi connectivity index (χ3v) is 8.07. The number of aliphatic imine (C=N–C) groups is 1. The zero-order valence-electron chi connectivity index (χ0n) is 17.9. The molecule has 2 N–H and O–H groups in total. The van der Waals surface area contributed by atoms with E-state index in [1.807, 2.05) is 7.05 Å². The molecular formula is C21H41IN4OS. The molecule has 0 spiro atoms. The third kappa shape index (κ3) is 7.20. The molecule has 0 unspecified atom stereocenters. The number of rotatable bonds is 6. The average Bonchev–Trinajstić information content (AvgIpc) is 2.73. The van der Waals surface area contributed by atoms with Crippen LogP contribution in [0.2, 0.25) is 0 Å². The Balaban J connectivity index is 0.00000280. The first kappa shape index (κ1) is 24.5. The number of guanidine groups is 1. The summed E-state index contributed by atoms with van der Waals surface area (Å²) >= 11 is 2.08. The van der Waals surface area contributed by atoms with Gasteiger partial charge in [-0.05, 0) is 44.3 Å². The summed E-state index contributed by atoms with van der Waals surface area (Å²) in [4.78, 5) is 7.26. The number of ether oxygens (including phenoxy) is 1. The monoisotopic (exact) mass is 524 g/mol. The van der Waals surface area contributed by atoms with Crippen molar-refractivity contribution in [3.8, 4) is 0 Å². The molecule has 3 fully saturated rings. The molecule has 3 aliphatic rings. The van der Waals surface area contributed by atoms with E-state index in [1.54, 1.807) is 0 Å². The Bertz CT molecular complexity index is 454. The molecule has 1 saturated carbocycles. The van der Waals surface area contributed by atoms with Gasteiger partial charge in [-0.3, -0.25) is 4.99 Å². The van der Waals surface area contributed by atoms with Gasteiger partial charge in [0, 0.05) is 56.7 Å². The van der Waals surface area contributed by atoms with Crippen LogP contribution in [-0.4, -0.2) is 73.3 Å². The molecule has 0 radical (unpaired) electrons. The minimum absolute atomic E-state index is 0. The highest BCUT2D eigenvalue weighted by Crippen LogP contribution is 2.34. The van der Waals surface area contributed by atoms with Crippen molar-refractivity contribution in [3.63, 3.8) is 0 Å². The molecule has 3 rings (SSSR count). The average molecular weight is 525 g/mol. The number of hydrogen-bond acceptors (Lipinski definition) is 4. The molecule has 0 aromatic rings. The van der Waals surface area contributed by atoms with Crippen molar-refractivity contribution in [2.75, 3.05) is 45.6 Å². The molecule has 0 aromatic carbocycles. The number of likely N-dealkylation sites (tertiary alicyclic amines) is 1. The Morgan fingerprint density at radius 3 is 2.39 bits per heavy atom. The SMILES string of the molecule is CCSC1(CNC(=NC)NC2CCN(C3CCCCC3)CC2)CCOCC1.I. The van der Waals surface area contributed by atoms with E-state index in [2.05, 4.69) is 39.2 Å². The van der Waals surface area contributed by atoms with Crippen molar-refractivity contribution in [3.05, 3.63) is 0 Å². The van der Waals surface area contributed by atoms with Gasteiger partial charge >= 0.3 is 0 Å². The Morgan fingerprint density at radius 1 is 1.11 bits per heavy atom. The molecule has 5 nitrogen and oxygen atoms in total. The number of nitrogens with zero attached hydrogens (tertiary/aromatic N) is 2. The zero-order valence-corrected chi connectivity index (χ0v) is 21.0. The lowest BCUT2D eigenvalue weighted by Gasteiger charge is -2.40. The molecule has 0 aromatic heterocycles. The summed E-state index contributed by atoms with van der Waals surface area (Å²) in [5, 5.41) is 7.34. The molecule has 2 aliphatic heterocycles. The van der Waals surface area contributed by atoms with Crippen molar-refractivity contribution in [2.24, 2.45) is 4.99 Å². The Labute approximate surface area is 193 Å². The highest BCUT2D eigenvalue weighted by Gasteiger charge is 2.33. The van der Waals surface area contributed by atoms with Gasteiger partial charge in [0.25, 0.3) is 0 Å². The molecule has 7 heteroatoms. The highest BCUT2D eigenvalue weighted by molar-refractivity contribution is 14.0. The second-order valence-corrected chi connectivity index (χ2v) is 10.1. The third-order valence-electron chi connectivity index (χ3n) is 6.62. The maximum absolute atomic E-state index is 5.59. The number of nitrogens with one attached hydrogen (secondary N) is 2. The van der Waals surface area contributed by atoms with Gasteiger partial charge in [-0.1, -0.05) is 26.2 Å². The summed E-state index contributed by atoms with van der Waals surface area (Å²) in [6, 6.07) is 1.41. The van der Waals surface area contributed by atoms with Crippen LogP contribution in [0.1, 0.15) is 64.7 Å². The molecule has 28 heavy (non-hydrogen) atoms. The Hall–Kier alpha value is 0.270. The second kappa shape index (κ2) is 12.8. The van der Waals surface area contributed by atoms with E-state index in [-0.39, 0.29) is 24.0 Å². The fourth-order valence-electron chi connectivity index (χ4n) is 4.91. The Kier molecular flexibility index (Phi) is 11.3. The first-order valence-corrected chi connectivity index (χ1v) is 12.2. The number of halogens is 1. The lowest BCUT2D eigenvalue weighted by Crippen LogP contribution is -2.53. The van der Waals surface area contributed by atoms with Crippen molar-refractivity contribution in [2.45, 2.75) is 81.5 Å². The van der Waals surface area contributed by atoms with Gasteiger partial charge < -0.3 is 20.3 Å². The van der Waals surface area contributed by atoms with Crippen molar-refractivity contribution >= 4 is 41.7 Å². The van der Waals surface area contributed by atoms with E-state index in [9.17, 15) is 0 Å². The number of hydrogen-bond donors (Lipinski definition) is 2. The van der Waals surface area contributed by atoms with Crippen LogP contribution in [0.5, 0.6) is 0 Å². The van der Waals surface area contributed by atoms with Gasteiger partial charge in [0.2, 0.25) is 0 Å². The van der Waals surface area contributed by atoms with Crippen LogP contribution in [0.25, 0.3) is 0 Å². The van der Waals surface area contributed by atoms with Crippen LogP contribution in [0, 0.1) is 0 Å². The van der Waals surface area contributed by atoms with Gasteiger partial charge in [0.05, 0.1) is 0 Å². The van der Waals surface area contributed by atoms with Crippen LogP contribution in [0.3, 0.4) is 0 Å². The lowest BCUT2D eigenvalue weighted by atomic mass is 9.92. The van der Waals surface area contributed by atoms with Gasteiger partial charge in [-0.25, -0.2) is 0 Å². The molecule has 164 valence electrons. The van der Waals surface area contributed by atoms with Crippen LogP contribution >= 0.6 is 35.7 Å². The summed E-state index contributed by atoms with van der Waals surface area (Å²) in [7, 11) is 1.90. The van der Waals surface area contributed by atoms with Crippen molar-refractivity contribution < 1.29 is 4.74 Å². The van der Waals surface area contributed by atoms with E-state index < -0.39 is 0 Å². The quantitative estimate of drug-likeness (QED) is 0.314. The molecule has 2 heterocycles. The lowest BCUT2D eigenvalue weighted by molar-refractivity contribution is 0.0781. The van der Waals surface area contributed by atoms with Crippen LogP contribution in [0.15, 0.2) is 4.99 Å². The fraction of sp³-hybridized carbons (Fsp3) is 0.952. The highest BCUT2D eigenvalue weighted by atomic mass is 127. The molecule has 0 atom stereocenters. The minimum Gasteiger partial charge on any atom is -0.381 e. The Morgan fingerprint density at radius 2 is 1.79 bits per heavy atom. The van der Waals surface area contributed by atoms with E-state index >= 15 is 0 Å². The maximum Gasteiger partial charge on any atom is 0.191 e. The molecule has 0 amide bonds. The standard InChI is InChI=1S/C21H40N4OS.HI/c1-3-27-21(11-15-26-16-12-21)17-23-20(22-2)24-18-9-13-25(14-10-18)19-7-5-4-6-8-19;/h18-19H,3-17H2,1-2H3,(H2,22,23,24);1H. The van der Waals surface area contributed by atoms with E-state index in [4.69, 9.17) is 4.74 Å². The van der Waals surface area contributed by atoms with E-state index in [1.165, 1.54) is 58.0 Å². The van der Waals surface area contributed by atoms with Crippen molar-refractivity contribution in [1.82, 2.24) is 15.5 Å². The molecule has 2 saturated heterocycles. The first-order chi connectivity index (χ1) is 13.2. The zero-order chi connectivity index (χ0) is 19.0. The van der Waals surface area contributed by atoms with Gasteiger partial charge in [0.15, 0.2) is 5.96 Å². The van der Waals surface area contributed by atoms with Crippen LogP contribution in [0.4, 0.5) is 0 Å². The second-order valence-electron chi connectivity index (χ2n) is 8.40. The molecule has 0 bridgehead atoms. The normalized spacial score (nSPS) is 25.1. The summed E-state index contributed by atoms with van der Waals surface area (Å²) < 4.78 is 5.89. The number of thioether (sulfide) groups is 1. The topological polar surface area (TPSA) is 48.9 Å². The smallest absolute Gasteiger partial charge is 0.191 e. The first-order valence-electron chi connectivity index (χ1n) is 11.2. The largest absolute Gasteiger partial charge is 0.381 e. The van der Waals surface area contributed by atoms with Gasteiger partial charge in [-0.15, -0.1) is 24.0 Å². The van der Waals surface area contributed by atoms with E-state index in [0.29, 0.717) is 10.8 Å². The summed E-state index contributed by atoms with van der Waals surface area (Å²) in [5.41, 5.74) is 0. The predicted octanol–water partition coefficient (Wildman–Crippen LogP) is 3.87. The van der Waals surface area contributed by atoms with Crippen LogP contribution < -0.4 is 10.6 Å². The molecular weight excluding hydrogens is 483 g/mol.